The van der Waals surface area contributed by atoms with E-state index in [-0.39, 0.29) is 0 Å². The molecule has 9 rings (SSSR count). The lowest BCUT2D eigenvalue weighted by molar-refractivity contribution is 1.28. The Bertz CT molecular complexity index is 2580. The lowest BCUT2D eigenvalue weighted by atomic mass is 9.97. The first-order valence-corrected chi connectivity index (χ1v) is 17.8. The van der Waals surface area contributed by atoms with Gasteiger partial charge >= 0.3 is 0 Å². The van der Waals surface area contributed by atoms with Crippen LogP contribution in [-0.4, -0.2) is 0 Å². The van der Waals surface area contributed by atoms with Gasteiger partial charge in [0.15, 0.2) is 0 Å². The summed E-state index contributed by atoms with van der Waals surface area (Å²) >= 11 is 1.88. The molecule has 0 atom stereocenters. The molecule has 9 aromatic rings. The number of nitrogens with zero attached hydrogens (tertiary/aromatic N) is 1. The maximum atomic E-state index is 2.42. The van der Waals surface area contributed by atoms with E-state index < -0.39 is 0 Å². The highest BCUT2D eigenvalue weighted by molar-refractivity contribution is 7.26. The van der Waals surface area contributed by atoms with Crippen molar-refractivity contribution in [1.82, 2.24) is 0 Å². The van der Waals surface area contributed by atoms with Crippen LogP contribution in [0, 0.1) is 0 Å². The van der Waals surface area contributed by atoms with E-state index in [0.29, 0.717) is 0 Å². The lowest BCUT2D eigenvalue weighted by Crippen LogP contribution is -2.11. The summed E-state index contributed by atoms with van der Waals surface area (Å²) in [5, 5.41) is 2.61. The van der Waals surface area contributed by atoms with Gasteiger partial charge < -0.3 is 4.90 Å². The average molecular weight is 656 g/mol. The molecule has 0 N–H and O–H groups in total. The van der Waals surface area contributed by atoms with Gasteiger partial charge in [0.25, 0.3) is 0 Å². The third-order valence-electron chi connectivity index (χ3n) is 9.48. The second-order valence-corrected chi connectivity index (χ2v) is 13.6. The number of benzene rings is 8. The van der Waals surface area contributed by atoms with Crippen LogP contribution in [0.1, 0.15) is 0 Å². The van der Waals surface area contributed by atoms with Crippen molar-refractivity contribution in [2.75, 3.05) is 4.90 Å². The smallest absolute Gasteiger partial charge is 0.0540 e. The minimum atomic E-state index is 1.11. The van der Waals surface area contributed by atoms with Crippen molar-refractivity contribution in [3.8, 4) is 44.5 Å². The highest BCUT2D eigenvalue weighted by atomic mass is 32.1. The number of rotatable bonds is 7. The molecule has 8 aromatic carbocycles. The Hall–Kier alpha value is -6.22. The van der Waals surface area contributed by atoms with E-state index in [2.05, 4.69) is 205 Å². The van der Waals surface area contributed by atoms with Crippen molar-refractivity contribution in [2.24, 2.45) is 0 Å². The Kier molecular flexibility index (Phi) is 7.77. The highest BCUT2D eigenvalue weighted by Gasteiger charge is 2.20. The molecule has 0 saturated heterocycles. The Morgan fingerprint density at radius 1 is 0.320 bits per heavy atom. The second kappa shape index (κ2) is 13.0. The zero-order valence-corrected chi connectivity index (χ0v) is 28.2. The fourth-order valence-electron chi connectivity index (χ4n) is 7.05. The molecule has 0 bridgehead atoms. The monoisotopic (exact) mass is 655 g/mol. The van der Waals surface area contributed by atoms with E-state index in [4.69, 9.17) is 0 Å². The zero-order chi connectivity index (χ0) is 33.3. The van der Waals surface area contributed by atoms with Gasteiger partial charge in [-0.05, 0) is 75.8 Å². The van der Waals surface area contributed by atoms with E-state index in [1.807, 2.05) is 11.3 Å². The molecule has 0 fully saturated rings. The van der Waals surface area contributed by atoms with Crippen molar-refractivity contribution < 1.29 is 0 Å². The Balaban J connectivity index is 1.22. The van der Waals surface area contributed by atoms with E-state index in [1.165, 1.54) is 64.7 Å². The van der Waals surface area contributed by atoms with Crippen molar-refractivity contribution in [3.63, 3.8) is 0 Å². The Labute approximate surface area is 297 Å². The minimum absolute atomic E-state index is 1.11. The minimum Gasteiger partial charge on any atom is -0.310 e. The van der Waals surface area contributed by atoms with E-state index in [1.54, 1.807) is 0 Å². The highest BCUT2D eigenvalue weighted by Crippen LogP contribution is 2.46. The predicted octanol–water partition coefficient (Wildman–Crippen LogP) is 14.2. The summed E-state index contributed by atoms with van der Waals surface area (Å²) in [6, 6.07) is 72.3. The van der Waals surface area contributed by atoms with Crippen LogP contribution in [0.15, 0.2) is 200 Å². The molecule has 1 aromatic heterocycles. The molecule has 0 spiro atoms. The normalized spacial score (nSPS) is 11.2. The third kappa shape index (κ3) is 5.56. The summed E-state index contributed by atoms with van der Waals surface area (Å²) < 4.78 is 2.62. The molecule has 2 heteroatoms. The van der Waals surface area contributed by atoms with Crippen molar-refractivity contribution in [2.45, 2.75) is 0 Å². The number of thiophene rings is 1. The molecule has 0 radical (unpaired) electrons. The summed E-state index contributed by atoms with van der Waals surface area (Å²) in [5.74, 6) is 0. The maximum absolute atomic E-state index is 2.42. The summed E-state index contributed by atoms with van der Waals surface area (Å²) in [6.45, 7) is 0. The topological polar surface area (TPSA) is 3.24 Å². The number of hydrogen-bond donors (Lipinski definition) is 0. The number of anilines is 3. The SMILES string of the molecule is c1ccc(-c2ccc(N(c3cccc(-c4cccc(-c5ccccc5)c4)c3)c3ccccc3-c3cccc4c3sc3ccccc34)cc2)cc1. The van der Waals surface area contributed by atoms with Crippen LogP contribution < -0.4 is 4.90 Å². The van der Waals surface area contributed by atoms with Crippen LogP contribution >= 0.6 is 11.3 Å². The second-order valence-electron chi connectivity index (χ2n) is 12.5. The molecule has 0 aliphatic heterocycles. The van der Waals surface area contributed by atoms with Crippen LogP contribution in [0.2, 0.25) is 0 Å². The van der Waals surface area contributed by atoms with Gasteiger partial charge in [0.05, 0.1) is 5.69 Å². The molecule has 1 heterocycles. The first-order valence-electron chi connectivity index (χ1n) is 17.0. The Morgan fingerprint density at radius 2 is 0.840 bits per heavy atom. The molecule has 236 valence electrons. The van der Waals surface area contributed by atoms with Crippen molar-refractivity contribution in [1.29, 1.82) is 0 Å². The molecule has 50 heavy (non-hydrogen) atoms. The fourth-order valence-corrected chi connectivity index (χ4v) is 8.28. The van der Waals surface area contributed by atoms with Gasteiger partial charge in [-0.3, -0.25) is 0 Å². The lowest BCUT2D eigenvalue weighted by Gasteiger charge is -2.28. The average Bonchev–Trinajstić information content (AvgIpc) is 3.59. The van der Waals surface area contributed by atoms with Crippen LogP contribution in [0.4, 0.5) is 17.1 Å². The van der Waals surface area contributed by atoms with E-state index >= 15 is 0 Å². The number of para-hydroxylation sites is 1. The van der Waals surface area contributed by atoms with Gasteiger partial charge in [-0.15, -0.1) is 11.3 Å². The molecule has 0 unspecified atom stereocenters. The van der Waals surface area contributed by atoms with Gasteiger partial charge in [-0.25, -0.2) is 0 Å². The quantitative estimate of drug-likeness (QED) is 0.165. The van der Waals surface area contributed by atoms with E-state index in [0.717, 1.165) is 17.1 Å². The first-order chi connectivity index (χ1) is 24.8. The number of hydrogen-bond acceptors (Lipinski definition) is 2. The predicted molar refractivity (Wildman–Crippen MR) is 216 cm³/mol. The molecule has 0 saturated carbocycles. The largest absolute Gasteiger partial charge is 0.310 e. The van der Waals surface area contributed by atoms with Crippen LogP contribution in [0.3, 0.4) is 0 Å². The first kappa shape index (κ1) is 29.9. The molecule has 0 aliphatic rings. The molecule has 1 nitrogen and oxygen atoms in total. The Morgan fingerprint density at radius 3 is 1.62 bits per heavy atom. The number of fused-ring (bicyclic) bond motifs is 3. The van der Waals surface area contributed by atoms with Gasteiger partial charge in [-0.2, -0.15) is 0 Å². The zero-order valence-electron chi connectivity index (χ0n) is 27.4. The summed E-state index contributed by atoms with van der Waals surface area (Å²) in [5.41, 5.74) is 13.0. The third-order valence-corrected chi connectivity index (χ3v) is 10.7. The molecular formula is C48H33NS. The standard InChI is InChI=1S/C48H33NS/c1-3-14-34(15-4-1)36-28-30-40(31-29-36)49(41-21-12-20-39(33-41)38-19-11-18-37(32-38)35-16-5-2-6-17-35)46-26-9-7-22-42(46)44-24-13-25-45-43-23-8-10-27-47(43)50-48(44)45/h1-33H. The van der Waals surface area contributed by atoms with Gasteiger partial charge in [-0.1, -0.05) is 158 Å². The van der Waals surface area contributed by atoms with Crippen LogP contribution in [0.5, 0.6) is 0 Å². The van der Waals surface area contributed by atoms with E-state index in [9.17, 15) is 0 Å². The van der Waals surface area contributed by atoms with Crippen LogP contribution in [-0.2, 0) is 0 Å². The summed E-state index contributed by atoms with van der Waals surface area (Å²) in [4.78, 5) is 2.42. The molecule has 0 aliphatic carbocycles. The summed E-state index contributed by atoms with van der Waals surface area (Å²) in [6.07, 6.45) is 0. The fraction of sp³-hybridized carbons (Fsp3) is 0. The maximum Gasteiger partial charge on any atom is 0.0540 e. The van der Waals surface area contributed by atoms with Crippen molar-refractivity contribution in [3.05, 3.63) is 200 Å². The van der Waals surface area contributed by atoms with Crippen molar-refractivity contribution >= 4 is 48.6 Å². The van der Waals surface area contributed by atoms with Gasteiger partial charge in [0.2, 0.25) is 0 Å². The summed E-state index contributed by atoms with van der Waals surface area (Å²) in [7, 11) is 0. The van der Waals surface area contributed by atoms with Gasteiger partial charge in [0.1, 0.15) is 0 Å². The molecule has 0 amide bonds. The molecular weight excluding hydrogens is 623 g/mol. The van der Waals surface area contributed by atoms with Crippen LogP contribution in [0.25, 0.3) is 64.7 Å². The van der Waals surface area contributed by atoms with Gasteiger partial charge in [0, 0.05) is 42.7 Å².